The first-order valence-electron chi connectivity index (χ1n) is 14.4. The first kappa shape index (κ1) is 36.1. The van der Waals surface area contributed by atoms with Crippen LogP contribution in [-0.4, -0.2) is 69.0 Å². The van der Waals surface area contributed by atoms with Gasteiger partial charge in [0.2, 0.25) is 0 Å². The molecule has 9 heteroatoms. The molecule has 2 unspecified atom stereocenters. The van der Waals surface area contributed by atoms with Crippen LogP contribution in [0.2, 0.25) is 0 Å². The largest absolute Gasteiger partial charge is 0.498 e. The Morgan fingerprint density at radius 2 is 1.35 bits per heavy atom. The van der Waals surface area contributed by atoms with Gasteiger partial charge in [0.05, 0.1) is 34.0 Å². The molecule has 0 aromatic carbocycles. The molecular formula is C28H57NO7P+. The monoisotopic (exact) mass is 550 g/mol. The number of carbonyl (C=O) groups excluding carboxylic acids is 1. The molecule has 0 spiro atoms. The highest BCUT2D eigenvalue weighted by atomic mass is 31.2. The number of phosphoric ester groups is 1. The minimum absolute atomic E-state index is 0.0354. The van der Waals surface area contributed by atoms with E-state index < -0.39 is 19.9 Å². The SMILES string of the molecule is CCCCCCCCCCCCCCCC/C=C\OCC(COP(=O)(O)OCC[N+](C)(C)C)OC(C)=O. The lowest BCUT2D eigenvalue weighted by Gasteiger charge is -2.24. The van der Waals surface area contributed by atoms with Crippen LogP contribution in [0.1, 0.15) is 110 Å². The topological polar surface area (TPSA) is 91.3 Å². The molecule has 0 fully saturated rings. The Balaban J connectivity index is 3.81. The second-order valence-electron chi connectivity index (χ2n) is 10.9. The molecule has 0 amide bonds. The second kappa shape index (κ2) is 23.0. The summed E-state index contributed by atoms with van der Waals surface area (Å²) in [5.41, 5.74) is 0. The van der Waals surface area contributed by atoms with Crippen LogP contribution < -0.4 is 0 Å². The number of nitrogens with zero attached hydrogens (tertiary/aromatic N) is 1. The predicted molar refractivity (Wildman–Crippen MR) is 150 cm³/mol. The van der Waals surface area contributed by atoms with Crippen LogP contribution in [0, 0.1) is 0 Å². The van der Waals surface area contributed by atoms with E-state index >= 15 is 0 Å². The molecule has 0 aliphatic rings. The molecule has 0 aliphatic carbocycles. The second-order valence-corrected chi connectivity index (χ2v) is 12.4. The smallest absolute Gasteiger partial charge is 0.472 e. The average molecular weight is 551 g/mol. The standard InChI is InChI=1S/C28H56NO7P/c1-6-7-8-9-10-11-12-13-14-15-16-17-18-19-20-21-23-33-25-28(36-27(2)30)26-35-37(31,32)34-24-22-29(3,4)5/h21,23,28H,6-20,22,24-26H2,1-5H3/p+1/b23-21-. The number of hydrogen-bond donors (Lipinski definition) is 1. The maximum absolute atomic E-state index is 12.0. The normalized spacial score (nSPS) is 14.5. The summed E-state index contributed by atoms with van der Waals surface area (Å²) in [4.78, 5) is 21.2. The van der Waals surface area contributed by atoms with Gasteiger partial charge >= 0.3 is 13.8 Å². The summed E-state index contributed by atoms with van der Waals surface area (Å²) >= 11 is 0. The van der Waals surface area contributed by atoms with Crippen molar-refractivity contribution in [2.75, 3.05) is 47.5 Å². The number of rotatable bonds is 26. The van der Waals surface area contributed by atoms with Crippen molar-refractivity contribution in [3.63, 3.8) is 0 Å². The molecule has 0 aromatic heterocycles. The van der Waals surface area contributed by atoms with Gasteiger partial charge in [-0.3, -0.25) is 13.8 Å². The minimum Gasteiger partial charge on any atom is -0.498 e. The van der Waals surface area contributed by atoms with E-state index in [0.717, 1.165) is 12.8 Å². The molecule has 1 N–H and O–H groups in total. The fourth-order valence-corrected chi connectivity index (χ4v) is 4.49. The third kappa shape index (κ3) is 27.9. The summed E-state index contributed by atoms with van der Waals surface area (Å²) in [5.74, 6) is -0.512. The molecule has 0 heterocycles. The molecule has 0 radical (unpaired) electrons. The van der Waals surface area contributed by atoms with Gasteiger partial charge in [-0.25, -0.2) is 4.57 Å². The Bertz CT molecular complexity index is 622. The van der Waals surface area contributed by atoms with Gasteiger partial charge in [0, 0.05) is 6.92 Å². The molecule has 0 rings (SSSR count). The maximum atomic E-state index is 12.0. The third-order valence-corrected chi connectivity index (χ3v) is 6.96. The van der Waals surface area contributed by atoms with Crippen molar-refractivity contribution >= 4 is 13.8 Å². The molecule has 8 nitrogen and oxygen atoms in total. The highest BCUT2D eigenvalue weighted by molar-refractivity contribution is 7.47. The summed E-state index contributed by atoms with van der Waals surface area (Å²) in [5, 5.41) is 0. The number of esters is 1. The maximum Gasteiger partial charge on any atom is 0.472 e. The first-order valence-corrected chi connectivity index (χ1v) is 15.9. The summed E-state index contributed by atoms with van der Waals surface area (Å²) in [6.45, 7) is 3.91. The van der Waals surface area contributed by atoms with E-state index in [1.54, 1.807) is 6.26 Å². The zero-order valence-electron chi connectivity index (χ0n) is 24.5. The van der Waals surface area contributed by atoms with Crippen molar-refractivity contribution < 1.29 is 37.3 Å². The number of allylic oxidation sites excluding steroid dienone is 1. The highest BCUT2D eigenvalue weighted by Crippen LogP contribution is 2.43. The van der Waals surface area contributed by atoms with Crippen LogP contribution in [0.5, 0.6) is 0 Å². The van der Waals surface area contributed by atoms with Crippen molar-refractivity contribution in [3.8, 4) is 0 Å². The molecule has 0 aliphatic heterocycles. The minimum atomic E-state index is -4.23. The molecule has 0 bridgehead atoms. The van der Waals surface area contributed by atoms with Crippen LogP contribution in [0.15, 0.2) is 12.3 Å². The lowest BCUT2D eigenvalue weighted by atomic mass is 10.0. The van der Waals surface area contributed by atoms with Gasteiger partial charge in [-0.2, -0.15) is 0 Å². The van der Waals surface area contributed by atoms with E-state index in [4.69, 9.17) is 18.5 Å². The number of ether oxygens (including phenoxy) is 2. The van der Waals surface area contributed by atoms with Crippen molar-refractivity contribution in [3.05, 3.63) is 12.3 Å². The number of hydrogen-bond acceptors (Lipinski definition) is 6. The number of carbonyl (C=O) groups is 1. The number of phosphoric acid groups is 1. The van der Waals surface area contributed by atoms with Crippen LogP contribution >= 0.6 is 7.82 Å². The van der Waals surface area contributed by atoms with Gasteiger partial charge in [-0.15, -0.1) is 0 Å². The van der Waals surface area contributed by atoms with E-state index in [2.05, 4.69) is 6.92 Å². The quantitative estimate of drug-likeness (QED) is 0.0402. The van der Waals surface area contributed by atoms with Gasteiger partial charge in [0.25, 0.3) is 0 Å². The summed E-state index contributed by atoms with van der Waals surface area (Å²) in [6.07, 6.45) is 22.4. The molecular weight excluding hydrogens is 493 g/mol. The van der Waals surface area contributed by atoms with Crippen LogP contribution in [0.4, 0.5) is 0 Å². The van der Waals surface area contributed by atoms with E-state index in [1.165, 1.54) is 90.4 Å². The Morgan fingerprint density at radius 1 is 0.838 bits per heavy atom. The van der Waals surface area contributed by atoms with Crippen molar-refractivity contribution in [1.82, 2.24) is 0 Å². The molecule has 0 saturated heterocycles. The third-order valence-electron chi connectivity index (χ3n) is 5.97. The fourth-order valence-electron chi connectivity index (χ4n) is 3.75. The molecule has 220 valence electrons. The van der Waals surface area contributed by atoms with Crippen molar-refractivity contribution in [1.29, 1.82) is 0 Å². The van der Waals surface area contributed by atoms with E-state index in [1.807, 2.05) is 27.2 Å². The van der Waals surface area contributed by atoms with Gasteiger partial charge in [-0.1, -0.05) is 90.4 Å². The molecule has 2 atom stereocenters. The number of quaternary nitrogens is 1. The number of unbranched alkanes of at least 4 members (excludes halogenated alkanes) is 14. The van der Waals surface area contributed by atoms with E-state index in [9.17, 15) is 14.3 Å². The van der Waals surface area contributed by atoms with Crippen LogP contribution in [-0.2, 0) is 27.9 Å². The van der Waals surface area contributed by atoms with Crippen LogP contribution in [0.25, 0.3) is 0 Å². The Kier molecular flexibility index (Phi) is 22.4. The van der Waals surface area contributed by atoms with Crippen LogP contribution in [0.3, 0.4) is 0 Å². The Labute approximate surface area is 227 Å². The van der Waals surface area contributed by atoms with Gasteiger partial charge in [-0.05, 0) is 18.9 Å². The van der Waals surface area contributed by atoms with Crippen molar-refractivity contribution in [2.45, 2.75) is 116 Å². The molecule has 37 heavy (non-hydrogen) atoms. The van der Waals surface area contributed by atoms with E-state index in [0.29, 0.717) is 11.0 Å². The summed E-state index contributed by atoms with van der Waals surface area (Å²) in [6, 6.07) is 0. The lowest BCUT2D eigenvalue weighted by Crippen LogP contribution is -2.37. The first-order chi connectivity index (χ1) is 17.6. The molecule has 0 aromatic rings. The average Bonchev–Trinajstić information content (AvgIpc) is 2.80. The van der Waals surface area contributed by atoms with Gasteiger partial charge < -0.3 is 18.9 Å². The highest BCUT2D eigenvalue weighted by Gasteiger charge is 2.25. The zero-order chi connectivity index (χ0) is 27.8. The zero-order valence-corrected chi connectivity index (χ0v) is 25.4. The Morgan fingerprint density at radius 3 is 1.84 bits per heavy atom. The summed E-state index contributed by atoms with van der Waals surface area (Å²) < 4.78 is 33.2. The lowest BCUT2D eigenvalue weighted by molar-refractivity contribution is -0.870. The molecule has 0 saturated carbocycles. The predicted octanol–water partition coefficient (Wildman–Crippen LogP) is 7.16. The van der Waals surface area contributed by atoms with Gasteiger partial charge in [0.15, 0.2) is 6.10 Å². The fraction of sp³-hybridized carbons (Fsp3) is 0.893. The van der Waals surface area contributed by atoms with Gasteiger partial charge in [0.1, 0.15) is 19.8 Å². The van der Waals surface area contributed by atoms with Crippen molar-refractivity contribution in [2.24, 2.45) is 0 Å². The van der Waals surface area contributed by atoms with E-state index in [-0.39, 0.29) is 19.8 Å². The Hall–Kier alpha value is -0.920. The number of likely N-dealkylation sites (N-methyl/N-ethyl adjacent to an activating group) is 1. The summed E-state index contributed by atoms with van der Waals surface area (Å²) in [7, 11) is 1.63.